The van der Waals surface area contributed by atoms with Crippen molar-refractivity contribution in [3.63, 3.8) is 0 Å². The van der Waals surface area contributed by atoms with Crippen molar-refractivity contribution in [2.45, 2.75) is 77.5 Å². The van der Waals surface area contributed by atoms with E-state index in [-0.39, 0.29) is 0 Å². The van der Waals surface area contributed by atoms with E-state index in [1.165, 1.54) is 52.1 Å². The van der Waals surface area contributed by atoms with E-state index in [1.807, 2.05) is 0 Å². The van der Waals surface area contributed by atoms with Gasteiger partial charge in [0.25, 0.3) is 0 Å². The Hall–Kier alpha value is -0.160. The first kappa shape index (κ1) is 20.2. The molecular weight excluding hydrogens is 296 g/mol. The fraction of sp³-hybridized carbons (Fsp3) is 1.00. The highest BCUT2D eigenvalue weighted by atomic mass is 15.3. The van der Waals surface area contributed by atoms with Crippen LogP contribution >= 0.6 is 0 Å². The van der Waals surface area contributed by atoms with Gasteiger partial charge in [0.1, 0.15) is 0 Å². The SMILES string of the molecule is CC1CN(C)CCN1C(C)(C)CCC1CN(C(C)(C)C)CCN1C. The number of hydrogen-bond donors (Lipinski definition) is 0. The highest BCUT2D eigenvalue weighted by Crippen LogP contribution is 2.28. The lowest BCUT2D eigenvalue weighted by molar-refractivity contribution is -0.00297. The van der Waals surface area contributed by atoms with Gasteiger partial charge in [0.15, 0.2) is 0 Å². The summed E-state index contributed by atoms with van der Waals surface area (Å²) in [6.07, 6.45) is 2.59. The molecule has 24 heavy (non-hydrogen) atoms. The lowest BCUT2D eigenvalue weighted by Crippen LogP contribution is -2.60. The molecule has 2 aliphatic heterocycles. The molecule has 0 aromatic rings. The van der Waals surface area contributed by atoms with Crippen LogP contribution in [0.5, 0.6) is 0 Å². The van der Waals surface area contributed by atoms with Crippen molar-refractivity contribution in [2.75, 3.05) is 53.4 Å². The Morgan fingerprint density at radius 2 is 1.54 bits per heavy atom. The Balaban J connectivity index is 1.92. The van der Waals surface area contributed by atoms with Crippen molar-refractivity contribution >= 4 is 0 Å². The number of likely N-dealkylation sites (N-methyl/N-ethyl adjacent to an activating group) is 2. The van der Waals surface area contributed by atoms with Crippen LogP contribution in [0.3, 0.4) is 0 Å². The van der Waals surface area contributed by atoms with Crippen LogP contribution in [-0.4, -0.2) is 96.1 Å². The first-order valence-corrected chi connectivity index (χ1v) is 9.91. The quantitative estimate of drug-likeness (QED) is 0.781. The summed E-state index contributed by atoms with van der Waals surface area (Å²) in [4.78, 5) is 10.5. The summed E-state index contributed by atoms with van der Waals surface area (Å²) in [5.74, 6) is 0. The summed E-state index contributed by atoms with van der Waals surface area (Å²) in [7, 11) is 4.56. The van der Waals surface area contributed by atoms with E-state index < -0.39 is 0 Å². The van der Waals surface area contributed by atoms with Crippen LogP contribution < -0.4 is 0 Å². The minimum atomic E-state index is 0.293. The summed E-state index contributed by atoms with van der Waals surface area (Å²) in [5, 5.41) is 0. The maximum absolute atomic E-state index is 2.75. The van der Waals surface area contributed by atoms with Gasteiger partial charge in [-0.05, 0) is 68.5 Å². The molecule has 4 nitrogen and oxygen atoms in total. The number of hydrogen-bond acceptors (Lipinski definition) is 4. The topological polar surface area (TPSA) is 13.0 Å². The normalized spacial score (nSPS) is 30.0. The van der Waals surface area contributed by atoms with Gasteiger partial charge in [-0.3, -0.25) is 9.80 Å². The van der Waals surface area contributed by atoms with Gasteiger partial charge in [-0.1, -0.05) is 0 Å². The van der Waals surface area contributed by atoms with Gasteiger partial charge in [-0.25, -0.2) is 0 Å². The Morgan fingerprint density at radius 1 is 0.875 bits per heavy atom. The van der Waals surface area contributed by atoms with Crippen molar-refractivity contribution in [3.05, 3.63) is 0 Å². The van der Waals surface area contributed by atoms with E-state index >= 15 is 0 Å². The second-order valence-corrected chi connectivity index (χ2v) is 9.91. The van der Waals surface area contributed by atoms with Gasteiger partial charge < -0.3 is 9.80 Å². The monoisotopic (exact) mass is 338 g/mol. The summed E-state index contributed by atoms with van der Waals surface area (Å²) in [6.45, 7) is 21.6. The Kier molecular flexibility index (Phi) is 6.39. The van der Waals surface area contributed by atoms with Crippen LogP contribution in [0.1, 0.15) is 54.4 Å². The Bertz CT molecular complexity index is 401. The maximum atomic E-state index is 2.75. The predicted molar refractivity (Wildman–Crippen MR) is 105 cm³/mol. The lowest BCUT2D eigenvalue weighted by Gasteiger charge is -2.49. The third-order valence-electron chi connectivity index (χ3n) is 6.42. The summed E-state index contributed by atoms with van der Waals surface area (Å²) in [5.41, 5.74) is 0.590. The molecule has 2 unspecified atom stereocenters. The summed E-state index contributed by atoms with van der Waals surface area (Å²) in [6, 6.07) is 1.36. The average molecular weight is 339 g/mol. The second kappa shape index (κ2) is 7.61. The largest absolute Gasteiger partial charge is 0.304 e. The highest BCUT2D eigenvalue weighted by molar-refractivity contribution is 4.93. The molecule has 2 atom stereocenters. The van der Waals surface area contributed by atoms with Crippen LogP contribution in [0, 0.1) is 0 Å². The average Bonchev–Trinajstić information content (AvgIpc) is 2.44. The Labute approximate surface area is 151 Å². The minimum Gasteiger partial charge on any atom is -0.304 e. The zero-order valence-electron chi connectivity index (χ0n) is 17.6. The van der Waals surface area contributed by atoms with Crippen molar-refractivity contribution in [1.82, 2.24) is 19.6 Å². The fourth-order valence-corrected chi connectivity index (χ4v) is 4.57. The Morgan fingerprint density at radius 3 is 2.12 bits per heavy atom. The molecule has 0 aliphatic carbocycles. The van der Waals surface area contributed by atoms with E-state index in [2.05, 4.69) is 75.2 Å². The summed E-state index contributed by atoms with van der Waals surface area (Å²) >= 11 is 0. The molecular formula is C20H42N4. The van der Waals surface area contributed by atoms with Crippen LogP contribution in [0.15, 0.2) is 0 Å². The van der Waals surface area contributed by atoms with Crippen molar-refractivity contribution in [2.24, 2.45) is 0 Å². The molecule has 2 fully saturated rings. The third-order valence-corrected chi connectivity index (χ3v) is 6.42. The van der Waals surface area contributed by atoms with Crippen LogP contribution in [0.25, 0.3) is 0 Å². The number of piperazine rings is 2. The molecule has 0 bridgehead atoms. The predicted octanol–water partition coefficient (Wildman–Crippen LogP) is 2.60. The van der Waals surface area contributed by atoms with E-state index in [4.69, 9.17) is 0 Å². The van der Waals surface area contributed by atoms with E-state index in [1.54, 1.807) is 0 Å². The van der Waals surface area contributed by atoms with E-state index in [0.717, 1.165) is 0 Å². The smallest absolute Gasteiger partial charge is 0.0221 e. The highest BCUT2D eigenvalue weighted by Gasteiger charge is 2.36. The molecule has 0 aromatic heterocycles. The molecule has 0 saturated carbocycles. The lowest BCUT2D eigenvalue weighted by atomic mass is 9.89. The zero-order chi connectivity index (χ0) is 18.1. The van der Waals surface area contributed by atoms with Crippen molar-refractivity contribution < 1.29 is 0 Å². The van der Waals surface area contributed by atoms with Gasteiger partial charge >= 0.3 is 0 Å². The molecule has 2 rings (SSSR count). The summed E-state index contributed by atoms with van der Waals surface area (Å²) < 4.78 is 0. The van der Waals surface area contributed by atoms with Gasteiger partial charge in [-0.2, -0.15) is 0 Å². The van der Waals surface area contributed by atoms with Crippen LogP contribution in [-0.2, 0) is 0 Å². The number of rotatable bonds is 4. The minimum absolute atomic E-state index is 0.293. The van der Waals surface area contributed by atoms with Gasteiger partial charge in [-0.15, -0.1) is 0 Å². The molecule has 4 heteroatoms. The first-order valence-electron chi connectivity index (χ1n) is 9.91. The van der Waals surface area contributed by atoms with Crippen molar-refractivity contribution in [3.8, 4) is 0 Å². The van der Waals surface area contributed by atoms with Gasteiger partial charge in [0.05, 0.1) is 0 Å². The molecule has 0 aromatic carbocycles. The number of nitrogens with zero attached hydrogens (tertiary/aromatic N) is 4. The van der Waals surface area contributed by atoms with E-state index in [9.17, 15) is 0 Å². The van der Waals surface area contributed by atoms with Crippen LogP contribution in [0.4, 0.5) is 0 Å². The molecule has 0 amide bonds. The van der Waals surface area contributed by atoms with Gasteiger partial charge in [0.2, 0.25) is 0 Å². The molecule has 0 radical (unpaired) electrons. The molecule has 2 saturated heterocycles. The van der Waals surface area contributed by atoms with Crippen LogP contribution in [0.2, 0.25) is 0 Å². The second-order valence-electron chi connectivity index (χ2n) is 9.91. The molecule has 0 spiro atoms. The van der Waals surface area contributed by atoms with Crippen molar-refractivity contribution in [1.29, 1.82) is 0 Å². The molecule has 142 valence electrons. The fourth-order valence-electron chi connectivity index (χ4n) is 4.57. The zero-order valence-corrected chi connectivity index (χ0v) is 17.6. The maximum Gasteiger partial charge on any atom is 0.0221 e. The molecule has 2 heterocycles. The first-order chi connectivity index (χ1) is 11.0. The van der Waals surface area contributed by atoms with Gasteiger partial charge in [0, 0.05) is 62.4 Å². The molecule has 0 N–H and O–H groups in total. The third kappa shape index (κ3) is 4.94. The van der Waals surface area contributed by atoms with E-state index in [0.29, 0.717) is 23.2 Å². The molecule has 2 aliphatic rings. The standard InChI is InChI=1S/C20H42N4/c1-17-15-21(7)11-14-24(17)20(5,6)10-9-18-16-23(19(2,3)4)13-12-22(18)8/h17-18H,9-16H2,1-8H3.